The van der Waals surface area contributed by atoms with Gasteiger partial charge in [0.15, 0.2) is 0 Å². The van der Waals surface area contributed by atoms with Gasteiger partial charge in [-0.3, -0.25) is 0 Å². The van der Waals surface area contributed by atoms with Gasteiger partial charge < -0.3 is 20.0 Å². The van der Waals surface area contributed by atoms with Gasteiger partial charge in [-0.25, -0.2) is 9.97 Å². The standard InChI is InChI=1S/C19H26N6/c1-23-8-10-24(11-9-23)19-21-12-16(13-22-19)15-25-7-6-20-14-17-4-2-3-5-18(17)25/h2-5,12-13,20H,6-11,14-15H2,1H3. The van der Waals surface area contributed by atoms with Crippen LogP contribution in [-0.2, 0) is 13.1 Å². The zero-order chi connectivity index (χ0) is 17.1. The van der Waals surface area contributed by atoms with Gasteiger partial charge in [0.25, 0.3) is 0 Å². The molecule has 2 aromatic rings. The van der Waals surface area contributed by atoms with Crippen LogP contribution in [0.2, 0.25) is 0 Å². The molecule has 1 aromatic carbocycles. The van der Waals surface area contributed by atoms with Crippen molar-refractivity contribution in [3.05, 3.63) is 47.8 Å². The molecule has 6 nitrogen and oxygen atoms in total. The van der Waals surface area contributed by atoms with E-state index in [9.17, 15) is 0 Å². The second-order valence-corrected chi connectivity index (χ2v) is 6.91. The van der Waals surface area contributed by atoms with Gasteiger partial charge in [0.2, 0.25) is 5.95 Å². The summed E-state index contributed by atoms with van der Waals surface area (Å²) >= 11 is 0. The smallest absolute Gasteiger partial charge is 0.225 e. The quantitative estimate of drug-likeness (QED) is 0.911. The van der Waals surface area contributed by atoms with E-state index in [1.165, 1.54) is 11.3 Å². The summed E-state index contributed by atoms with van der Waals surface area (Å²) in [4.78, 5) is 16.3. The van der Waals surface area contributed by atoms with Crippen LogP contribution in [0.4, 0.5) is 11.6 Å². The summed E-state index contributed by atoms with van der Waals surface area (Å²) in [6.07, 6.45) is 3.98. The van der Waals surface area contributed by atoms with Gasteiger partial charge in [-0.1, -0.05) is 18.2 Å². The maximum Gasteiger partial charge on any atom is 0.225 e. The van der Waals surface area contributed by atoms with Crippen LogP contribution in [0.5, 0.6) is 0 Å². The van der Waals surface area contributed by atoms with Crippen molar-refractivity contribution in [3.8, 4) is 0 Å². The molecule has 1 N–H and O–H groups in total. The van der Waals surface area contributed by atoms with Gasteiger partial charge in [0.05, 0.1) is 0 Å². The van der Waals surface area contributed by atoms with Crippen LogP contribution in [-0.4, -0.2) is 61.2 Å². The Balaban J connectivity index is 1.46. The Morgan fingerprint density at radius 1 is 1.00 bits per heavy atom. The Hall–Kier alpha value is -2.18. The maximum absolute atomic E-state index is 4.63. The number of rotatable bonds is 3. The van der Waals surface area contributed by atoms with Crippen molar-refractivity contribution in [2.45, 2.75) is 13.1 Å². The fourth-order valence-corrected chi connectivity index (χ4v) is 3.51. The van der Waals surface area contributed by atoms with E-state index >= 15 is 0 Å². The van der Waals surface area contributed by atoms with E-state index in [4.69, 9.17) is 0 Å². The lowest BCUT2D eigenvalue weighted by Gasteiger charge is -2.32. The van der Waals surface area contributed by atoms with Crippen molar-refractivity contribution in [3.63, 3.8) is 0 Å². The molecule has 3 heterocycles. The first-order chi connectivity index (χ1) is 12.3. The highest BCUT2D eigenvalue weighted by Gasteiger charge is 2.17. The largest absolute Gasteiger partial charge is 0.366 e. The lowest BCUT2D eigenvalue weighted by molar-refractivity contribution is 0.311. The van der Waals surface area contributed by atoms with Crippen LogP contribution in [0.1, 0.15) is 11.1 Å². The summed E-state index contributed by atoms with van der Waals surface area (Å²) in [5, 5.41) is 3.49. The lowest BCUT2D eigenvalue weighted by atomic mass is 10.1. The van der Waals surface area contributed by atoms with Gasteiger partial charge in [-0.05, 0) is 18.7 Å². The Kier molecular flexibility index (Phi) is 4.81. The number of aromatic nitrogens is 2. The fourth-order valence-electron chi connectivity index (χ4n) is 3.51. The van der Waals surface area contributed by atoms with E-state index < -0.39 is 0 Å². The number of benzene rings is 1. The number of fused-ring (bicyclic) bond motifs is 1. The minimum atomic E-state index is 0.849. The Labute approximate surface area is 149 Å². The third kappa shape index (κ3) is 3.75. The summed E-state index contributed by atoms with van der Waals surface area (Å²) < 4.78 is 0. The van der Waals surface area contributed by atoms with Crippen LogP contribution in [0, 0.1) is 0 Å². The molecule has 1 aromatic heterocycles. The van der Waals surface area contributed by atoms with Crippen LogP contribution in [0.15, 0.2) is 36.7 Å². The topological polar surface area (TPSA) is 47.5 Å². The number of likely N-dealkylation sites (N-methyl/N-ethyl adjacent to an activating group) is 1. The molecule has 6 heteroatoms. The molecule has 0 saturated carbocycles. The van der Waals surface area contributed by atoms with E-state index in [0.717, 1.165) is 63.9 Å². The Morgan fingerprint density at radius 2 is 1.76 bits per heavy atom. The molecule has 132 valence electrons. The highest BCUT2D eigenvalue weighted by Crippen LogP contribution is 2.23. The average Bonchev–Trinajstić information content (AvgIpc) is 2.86. The van der Waals surface area contributed by atoms with Crippen molar-refractivity contribution < 1.29 is 0 Å². The van der Waals surface area contributed by atoms with E-state index in [1.807, 2.05) is 12.4 Å². The number of anilines is 2. The van der Waals surface area contributed by atoms with Crippen molar-refractivity contribution in [2.75, 3.05) is 56.1 Å². The number of hydrogen-bond acceptors (Lipinski definition) is 6. The number of nitrogens with one attached hydrogen (secondary N) is 1. The summed E-state index contributed by atoms with van der Waals surface area (Å²) in [5.74, 6) is 0.856. The van der Waals surface area contributed by atoms with E-state index in [-0.39, 0.29) is 0 Å². The summed E-state index contributed by atoms with van der Waals surface area (Å²) in [6.45, 7) is 7.92. The Bertz CT molecular complexity index is 693. The molecule has 0 unspecified atom stereocenters. The van der Waals surface area contributed by atoms with Gasteiger partial charge in [-0.2, -0.15) is 0 Å². The Morgan fingerprint density at radius 3 is 2.56 bits per heavy atom. The van der Waals surface area contributed by atoms with E-state index in [0.29, 0.717) is 0 Å². The third-order valence-electron chi connectivity index (χ3n) is 5.06. The molecule has 4 rings (SSSR count). The molecule has 1 fully saturated rings. The minimum absolute atomic E-state index is 0.849. The normalized spacial score (nSPS) is 18.8. The number of nitrogens with zero attached hydrogens (tertiary/aromatic N) is 5. The molecule has 0 radical (unpaired) electrons. The first-order valence-corrected chi connectivity index (χ1v) is 9.07. The molecule has 0 aliphatic carbocycles. The molecule has 2 aliphatic rings. The van der Waals surface area contributed by atoms with Crippen molar-refractivity contribution in [1.82, 2.24) is 20.2 Å². The van der Waals surface area contributed by atoms with Gasteiger partial charge in [0, 0.05) is 76.0 Å². The minimum Gasteiger partial charge on any atom is -0.366 e. The predicted octanol–water partition coefficient (Wildman–Crippen LogP) is 1.34. The summed E-state index contributed by atoms with van der Waals surface area (Å²) in [5.41, 5.74) is 3.83. The van der Waals surface area contributed by atoms with Crippen molar-refractivity contribution in [1.29, 1.82) is 0 Å². The molecular formula is C19H26N6. The molecule has 0 amide bonds. The highest BCUT2D eigenvalue weighted by atomic mass is 15.3. The van der Waals surface area contributed by atoms with Crippen LogP contribution >= 0.6 is 0 Å². The molecule has 0 bridgehead atoms. The molecule has 0 spiro atoms. The predicted molar refractivity (Wildman–Crippen MR) is 101 cm³/mol. The highest BCUT2D eigenvalue weighted by molar-refractivity contribution is 5.54. The summed E-state index contributed by atoms with van der Waals surface area (Å²) in [7, 11) is 2.16. The van der Waals surface area contributed by atoms with Crippen LogP contribution in [0.25, 0.3) is 0 Å². The van der Waals surface area contributed by atoms with E-state index in [2.05, 4.69) is 61.3 Å². The SMILES string of the molecule is CN1CCN(c2ncc(CN3CCNCc4ccccc43)cn2)CC1. The number of hydrogen-bond donors (Lipinski definition) is 1. The molecule has 0 atom stereocenters. The maximum atomic E-state index is 4.63. The molecular weight excluding hydrogens is 312 g/mol. The van der Waals surface area contributed by atoms with Crippen LogP contribution < -0.4 is 15.1 Å². The molecule has 1 saturated heterocycles. The number of para-hydroxylation sites is 1. The van der Waals surface area contributed by atoms with E-state index in [1.54, 1.807) is 0 Å². The monoisotopic (exact) mass is 338 g/mol. The average molecular weight is 338 g/mol. The summed E-state index contributed by atoms with van der Waals surface area (Å²) in [6, 6.07) is 8.64. The second kappa shape index (κ2) is 7.37. The fraction of sp³-hybridized carbons (Fsp3) is 0.474. The first kappa shape index (κ1) is 16.3. The third-order valence-corrected chi connectivity index (χ3v) is 5.06. The zero-order valence-electron chi connectivity index (χ0n) is 14.9. The molecule has 25 heavy (non-hydrogen) atoms. The van der Waals surface area contributed by atoms with Gasteiger partial charge >= 0.3 is 0 Å². The number of piperazine rings is 1. The van der Waals surface area contributed by atoms with Crippen LogP contribution in [0.3, 0.4) is 0 Å². The van der Waals surface area contributed by atoms with Gasteiger partial charge in [0.1, 0.15) is 0 Å². The lowest BCUT2D eigenvalue weighted by Crippen LogP contribution is -2.45. The van der Waals surface area contributed by atoms with Crippen molar-refractivity contribution in [2.24, 2.45) is 0 Å². The second-order valence-electron chi connectivity index (χ2n) is 6.91. The first-order valence-electron chi connectivity index (χ1n) is 9.07. The van der Waals surface area contributed by atoms with Crippen molar-refractivity contribution >= 4 is 11.6 Å². The molecule has 2 aliphatic heterocycles. The van der Waals surface area contributed by atoms with Gasteiger partial charge in [-0.15, -0.1) is 0 Å². The zero-order valence-corrected chi connectivity index (χ0v) is 14.9.